The molecule has 0 radical (unpaired) electrons. The summed E-state index contributed by atoms with van der Waals surface area (Å²) < 4.78 is 3.60. The number of fused-ring (bicyclic) bond motifs is 1. The van der Waals surface area contributed by atoms with E-state index in [-0.39, 0.29) is 5.91 Å². The van der Waals surface area contributed by atoms with Crippen molar-refractivity contribution in [3.05, 3.63) is 60.0 Å². The van der Waals surface area contributed by atoms with E-state index in [0.29, 0.717) is 5.56 Å². The van der Waals surface area contributed by atoms with Gasteiger partial charge in [0.05, 0.1) is 17.5 Å². The molecule has 1 N–H and O–H groups in total. The third kappa shape index (κ3) is 2.62. The molecular weight excluding hydrogens is 310 g/mol. The topological polar surface area (TPSA) is 64.2 Å². The van der Waals surface area contributed by atoms with Gasteiger partial charge in [0.2, 0.25) is 0 Å². The number of carbonyl (C=O) groups is 1. The molecule has 0 aliphatic carbocycles. The average molecular weight is 323 g/mol. The number of aromatic nitrogens is 4. The summed E-state index contributed by atoms with van der Waals surface area (Å²) in [7, 11) is 1.78. The number of hydrogen-bond donors (Lipinski definition) is 1. The Labute approximate surface area is 136 Å². The van der Waals surface area contributed by atoms with E-state index in [0.717, 1.165) is 21.9 Å². The first-order valence-electron chi connectivity index (χ1n) is 7.02. The SMILES string of the molecule is Cn1cc(C(=O)Nc2ccc(-c3cn4ccsc4n3)cc2)cn1. The van der Waals surface area contributed by atoms with E-state index in [9.17, 15) is 4.79 Å². The summed E-state index contributed by atoms with van der Waals surface area (Å²) in [5.74, 6) is -0.173. The van der Waals surface area contributed by atoms with E-state index in [1.165, 1.54) is 0 Å². The van der Waals surface area contributed by atoms with Gasteiger partial charge in [-0.25, -0.2) is 4.98 Å². The van der Waals surface area contributed by atoms with Crippen LogP contribution in [0, 0.1) is 0 Å². The first kappa shape index (κ1) is 13.7. The number of nitrogens with one attached hydrogen (secondary N) is 1. The summed E-state index contributed by atoms with van der Waals surface area (Å²) >= 11 is 1.60. The highest BCUT2D eigenvalue weighted by atomic mass is 32.1. The molecule has 0 saturated carbocycles. The van der Waals surface area contributed by atoms with Crippen LogP contribution < -0.4 is 5.32 Å². The number of anilines is 1. The Bertz CT molecular complexity index is 951. The Morgan fingerprint density at radius 2 is 2.04 bits per heavy atom. The molecule has 1 aromatic carbocycles. The van der Waals surface area contributed by atoms with Crippen LogP contribution in [0.1, 0.15) is 10.4 Å². The van der Waals surface area contributed by atoms with Gasteiger partial charge in [-0.3, -0.25) is 13.9 Å². The summed E-state index contributed by atoms with van der Waals surface area (Å²) in [4.78, 5) is 17.6. The van der Waals surface area contributed by atoms with Crippen LogP contribution in [-0.2, 0) is 7.05 Å². The smallest absolute Gasteiger partial charge is 0.258 e. The average Bonchev–Trinajstić information content (AvgIpc) is 3.23. The summed E-state index contributed by atoms with van der Waals surface area (Å²) in [5.41, 5.74) is 3.21. The van der Waals surface area contributed by atoms with Crippen LogP contribution in [0.15, 0.2) is 54.4 Å². The zero-order valence-corrected chi connectivity index (χ0v) is 13.1. The van der Waals surface area contributed by atoms with E-state index in [1.807, 2.05) is 46.4 Å². The molecule has 23 heavy (non-hydrogen) atoms. The van der Waals surface area contributed by atoms with Crippen LogP contribution in [0.3, 0.4) is 0 Å². The van der Waals surface area contributed by atoms with Crippen LogP contribution in [-0.4, -0.2) is 25.1 Å². The molecule has 0 saturated heterocycles. The lowest BCUT2D eigenvalue weighted by Crippen LogP contribution is -2.10. The molecule has 6 nitrogen and oxygen atoms in total. The molecule has 0 aliphatic rings. The van der Waals surface area contributed by atoms with Crippen molar-refractivity contribution in [3.8, 4) is 11.3 Å². The van der Waals surface area contributed by atoms with Crippen molar-refractivity contribution in [1.29, 1.82) is 0 Å². The molecule has 3 aromatic heterocycles. The van der Waals surface area contributed by atoms with Gasteiger partial charge in [-0.1, -0.05) is 12.1 Å². The summed E-state index contributed by atoms with van der Waals surface area (Å²) in [6, 6.07) is 7.64. The van der Waals surface area contributed by atoms with Gasteiger partial charge < -0.3 is 5.32 Å². The maximum atomic E-state index is 12.1. The minimum Gasteiger partial charge on any atom is -0.322 e. The molecular formula is C16H13N5OS. The molecule has 0 atom stereocenters. The van der Waals surface area contributed by atoms with Crippen LogP contribution in [0.5, 0.6) is 0 Å². The van der Waals surface area contributed by atoms with Crippen molar-refractivity contribution in [3.63, 3.8) is 0 Å². The van der Waals surface area contributed by atoms with Crippen molar-refractivity contribution < 1.29 is 4.79 Å². The Hall–Kier alpha value is -2.93. The fourth-order valence-electron chi connectivity index (χ4n) is 2.33. The predicted octanol–water partition coefficient (Wildman–Crippen LogP) is 3.05. The fourth-order valence-corrected chi connectivity index (χ4v) is 3.03. The van der Waals surface area contributed by atoms with Gasteiger partial charge in [-0.2, -0.15) is 5.10 Å². The normalized spacial score (nSPS) is 11.0. The number of amides is 1. The molecule has 0 fully saturated rings. The molecule has 4 aromatic rings. The van der Waals surface area contributed by atoms with Crippen LogP contribution in [0.4, 0.5) is 5.69 Å². The molecule has 4 rings (SSSR count). The van der Waals surface area contributed by atoms with E-state index >= 15 is 0 Å². The second-order valence-corrected chi connectivity index (χ2v) is 6.03. The van der Waals surface area contributed by atoms with Gasteiger partial charge in [0.1, 0.15) is 0 Å². The van der Waals surface area contributed by atoms with Gasteiger partial charge in [0.15, 0.2) is 4.96 Å². The highest BCUT2D eigenvalue weighted by molar-refractivity contribution is 7.15. The summed E-state index contributed by atoms with van der Waals surface area (Å²) in [5, 5.41) is 8.85. The minimum atomic E-state index is -0.173. The van der Waals surface area contributed by atoms with Gasteiger partial charge in [0, 0.05) is 42.3 Å². The number of thiazole rings is 1. The monoisotopic (exact) mass is 323 g/mol. The quantitative estimate of drug-likeness (QED) is 0.630. The number of hydrogen-bond acceptors (Lipinski definition) is 4. The number of benzene rings is 1. The maximum Gasteiger partial charge on any atom is 0.258 e. The van der Waals surface area contributed by atoms with Crippen LogP contribution in [0.2, 0.25) is 0 Å². The second-order valence-electron chi connectivity index (χ2n) is 5.15. The predicted molar refractivity (Wildman–Crippen MR) is 89.7 cm³/mol. The highest BCUT2D eigenvalue weighted by Crippen LogP contribution is 2.23. The third-order valence-electron chi connectivity index (χ3n) is 3.50. The first-order valence-corrected chi connectivity index (χ1v) is 7.90. The van der Waals surface area contributed by atoms with Crippen LogP contribution >= 0.6 is 11.3 Å². The molecule has 0 unspecified atom stereocenters. The summed E-state index contributed by atoms with van der Waals surface area (Å²) in [6.07, 6.45) is 7.21. The van der Waals surface area contributed by atoms with E-state index in [2.05, 4.69) is 15.4 Å². The van der Waals surface area contributed by atoms with Crippen molar-refractivity contribution in [1.82, 2.24) is 19.2 Å². The number of carbonyl (C=O) groups excluding carboxylic acids is 1. The van der Waals surface area contributed by atoms with Crippen LogP contribution in [0.25, 0.3) is 16.2 Å². The van der Waals surface area contributed by atoms with Crippen molar-refractivity contribution >= 4 is 27.9 Å². The highest BCUT2D eigenvalue weighted by Gasteiger charge is 2.09. The van der Waals surface area contributed by atoms with E-state index < -0.39 is 0 Å². The molecule has 0 bridgehead atoms. The summed E-state index contributed by atoms with van der Waals surface area (Å²) in [6.45, 7) is 0. The number of imidazole rings is 1. The number of aryl methyl sites for hydroxylation is 1. The fraction of sp³-hybridized carbons (Fsp3) is 0.0625. The van der Waals surface area contributed by atoms with E-state index in [4.69, 9.17) is 0 Å². The van der Waals surface area contributed by atoms with Crippen molar-refractivity contribution in [2.75, 3.05) is 5.32 Å². The van der Waals surface area contributed by atoms with Gasteiger partial charge in [0.25, 0.3) is 5.91 Å². The Morgan fingerprint density at radius 1 is 1.22 bits per heavy atom. The third-order valence-corrected chi connectivity index (χ3v) is 4.27. The lowest BCUT2D eigenvalue weighted by Gasteiger charge is -2.04. The van der Waals surface area contributed by atoms with Crippen molar-refractivity contribution in [2.45, 2.75) is 0 Å². The number of rotatable bonds is 3. The molecule has 7 heteroatoms. The number of nitrogens with zero attached hydrogens (tertiary/aromatic N) is 4. The first-order chi connectivity index (χ1) is 11.2. The maximum absolute atomic E-state index is 12.1. The van der Waals surface area contributed by atoms with Gasteiger partial charge >= 0.3 is 0 Å². The van der Waals surface area contributed by atoms with Gasteiger partial charge in [-0.15, -0.1) is 11.3 Å². The molecule has 114 valence electrons. The van der Waals surface area contributed by atoms with E-state index in [1.54, 1.807) is 35.5 Å². The Kier molecular flexibility index (Phi) is 3.20. The zero-order valence-electron chi connectivity index (χ0n) is 12.3. The Balaban J connectivity index is 1.53. The second kappa shape index (κ2) is 5.36. The molecule has 1 amide bonds. The largest absolute Gasteiger partial charge is 0.322 e. The molecule has 3 heterocycles. The van der Waals surface area contributed by atoms with Gasteiger partial charge in [-0.05, 0) is 12.1 Å². The lowest BCUT2D eigenvalue weighted by molar-refractivity contribution is 0.102. The lowest BCUT2D eigenvalue weighted by atomic mass is 10.1. The molecule has 0 spiro atoms. The standard InChI is InChI=1S/C16H13N5OS/c1-20-9-12(8-17-20)15(22)18-13-4-2-11(3-5-13)14-10-21-6-7-23-16(21)19-14/h2-10H,1H3,(H,18,22). The van der Waals surface area contributed by atoms with Crippen molar-refractivity contribution in [2.24, 2.45) is 7.05 Å². The Morgan fingerprint density at radius 3 is 2.74 bits per heavy atom. The molecule has 0 aliphatic heterocycles. The zero-order chi connectivity index (χ0) is 15.8. The minimum absolute atomic E-state index is 0.173.